The lowest BCUT2D eigenvalue weighted by atomic mass is 10.3. The second kappa shape index (κ2) is 9.79. The van der Waals surface area contributed by atoms with Gasteiger partial charge < -0.3 is 15.5 Å². The summed E-state index contributed by atoms with van der Waals surface area (Å²) < 4.78 is 0. The van der Waals surface area contributed by atoms with Gasteiger partial charge in [0, 0.05) is 13.1 Å². The number of hydrogen-bond donors (Lipinski definition) is 2. The summed E-state index contributed by atoms with van der Waals surface area (Å²) in [5, 5.41) is 11.0. The van der Waals surface area contributed by atoms with E-state index < -0.39 is 0 Å². The summed E-state index contributed by atoms with van der Waals surface area (Å²) in [7, 11) is 0. The third-order valence-corrected chi connectivity index (χ3v) is 4.47. The van der Waals surface area contributed by atoms with E-state index in [0.717, 1.165) is 25.6 Å². The minimum Gasteiger partial charge on any atom is -0.357 e. The fourth-order valence-electron chi connectivity index (χ4n) is 2.57. The van der Waals surface area contributed by atoms with Gasteiger partial charge in [0.1, 0.15) is 0 Å². The molecule has 1 aromatic heterocycles. The molecule has 4 nitrogen and oxygen atoms in total. The molecule has 2 heterocycles. The predicted molar refractivity (Wildman–Crippen MR) is 92.0 cm³/mol. The van der Waals surface area contributed by atoms with Gasteiger partial charge >= 0.3 is 0 Å². The number of nitrogens with zero attached hydrogens (tertiary/aromatic N) is 2. The van der Waals surface area contributed by atoms with Crippen molar-refractivity contribution >= 4 is 17.3 Å². The molecule has 1 aromatic rings. The van der Waals surface area contributed by atoms with Crippen LogP contribution < -0.4 is 10.6 Å². The van der Waals surface area contributed by atoms with Gasteiger partial charge in [-0.25, -0.2) is 4.99 Å². The molecule has 0 saturated carbocycles. The lowest BCUT2D eigenvalue weighted by Crippen LogP contribution is -2.38. The molecule has 0 aromatic carbocycles. The molecule has 0 unspecified atom stereocenters. The highest BCUT2D eigenvalue weighted by Gasteiger charge is 2.09. The predicted octanol–water partition coefficient (Wildman–Crippen LogP) is 2.68. The highest BCUT2D eigenvalue weighted by atomic mass is 32.1. The van der Waals surface area contributed by atoms with Crippen LogP contribution in [-0.4, -0.2) is 43.6 Å². The van der Waals surface area contributed by atoms with Crippen LogP contribution >= 0.6 is 11.3 Å². The highest BCUT2D eigenvalue weighted by molar-refractivity contribution is 7.07. The monoisotopic (exact) mass is 308 g/mol. The second-order valence-electron chi connectivity index (χ2n) is 5.51. The Labute approximate surface area is 132 Å². The van der Waals surface area contributed by atoms with Gasteiger partial charge in [-0.15, -0.1) is 0 Å². The molecule has 2 N–H and O–H groups in total. The summed E-state index contributed by atoms with van der Waals surface area (Å²) in [5.74, 6) is 0.935. The van der Waals surface area contributed by atoms with Gasteiger partial charge in [-0.1, -0.05) is 0 Å². The fraction of sp³-hybridized carbons (Fsp3) is 0.688. The molecule has 1 aliphatic rings. The minimum absolute atomic E-state index is 0.757. The van der Waals surface area contributed by atoms with Gasteiger partial charge in [-0.3, -0.25) is 0 Å². The van der Waals surface area contributed by atoms with E-state index in [1.807, 2.05) is 0 Å². The van der Waals surface area contributed by atoms with Crippen molar-refractivity contribution in [3.63, 3.8) is 0 Å². The highest BCUT2D eigenvalue weighted by Crippen LogP contribution is 2.08. The molecule has 1 saturated heterocycles. The first-order valence-electron chi connectivity index (χ1n) is 8.14. The molecule has 21 heavy (non-hydrogen) atoms. The van der Waals surface area contributed by atoms with Crippen LogP contribution in [0.5, 0.6) is 0 Å². The van der Waals surface area contributed by atoms with Gasteiger partial charge in [0.25, 0.3) is 0 Å². The first-order chi connectivity index (χ1) is 10.4. The first kappa shape index (κ1) is 16.3. The van der Waals surface area contributed by atoms with E-state index in [1.165, 1.54) is 50.9 Å². The van der Waals surface area contributed by atoms with Crippen LogP contribution in [0.2, 0.25) is 0 Å². The van der Waals surface area contributed by atoms with Gasteiger partial charge in [0.05, 0.1) is 6.54 Å². The second-order valence-corrected chi connectivity index (χ2v) is 6.29. The van der Waals surface area contributed by atoms with Crippen LogP contribution in [-0.2, 0) is 6.54 Å². The molecule has 0 spiro atoms. The van der Waals surface area contributed by atoms with Crippen LogP contribution in [0.1, 0.15) is 38.2 Å². The standard InChI is InChI=1S/C16H28N4S/c1-2-17-16(19-13-15-7-12-21-14-15)18-8-3-4-9-20-10-5-6-11-20/h7,12,14H,2-6,8-11,13H2,1H3,(H2,17,18,19). The normalized spacial score (nSPS) is 16.3. The van der Waals surface area contributed by atoms with E-state index in [4.69, 9.17) is 0 Å². The minimum atomic E-state index is 0.757. The number of likely N-dealkylation sites (tertiary alicyclic amines) is 1. The number of unbranched alkanes of at least 4 members (excludes halogenated alkanes) is 1. The van der Waals surface area contributed by atoms with Crippen molar-refractivity contribution in [2.75, 3.05) is 32.7 Å². The van der Waals surface area contributed by atoms with Crippen molar-refractivity contribution in [1.82, 2.24) is 15.5 Å². The molecule has 2 rings (SSSR count). The SMILES string of the molecule is CCNC(=NCc1ccsc1)NCCCCN1CCCC1. The Morgan fingerprint density at radius 2 is 2.14 bits per heavy atom. The Hall–Kier alpha value is -1.07. The van der Waals surface area contributed by atoms with Crippen LogP contribution in [0.25, 0.3) is 0 Å². The average Bonchev–Trinajstić information content (AvgIpc) is 3.17. The van der Waals surface area contributed by atoms with E-state index in [9.17, 15) is 0 Å². The van der Waals surface area contributed by atoms with Crippen LogP contribution in [0.4, 0.5) is 0 Å². The van der Waals surface area contributed by atoms with Crippen molar-refractivity contribution in [3.8, 4) is 0 Å². The van der Waals surface area contributed by atoms with Crippen LogP contribution in [0.15, 0.2) is 21.8 Å². The summed E-state index contributed by atoms with van der Waals surface area (Å²) in [6, 6.07) is 2.13. The number of aliphatic imine (C=N–C) groups is 1. The molecule has 1 aliphatic heterocycles. The van der Waals surface area contributed by atoms with Crippen molar-refractivity contribution in [1.29, 1.82) is 0 Å². The molecule has 0 amide bonds. The number of guanidine groups is 1. The number of rotatable bonds is 8. The Bertz CT molecular complexity index is 396. The zero-order valence-electron chi connectivity index (χ0n) is 13.1. The maximum Gasteiger partial charge on any atom is 0.191 e. The van der Waals surface area contributed by atoms with E-state index >= 15 is 0 Å². The Balaban J connectivity index is 1.61. The van der Waals surface area contributed by atoms with Gasteiger partial charge in [0.2, 0.25) is 0 Å². The number of thiophene rings is 1. The molecular formula is C16H28N4S. The third kappa shape index (κ3) is 6.48. The van der Waals surface area contributed by atoms with Gasteiger partial charge in [-0.2, -0.15) is 11.3 Å². The lowest BCUT2D eigenvalue weighted by Gasteiger charge is -2.15. The maximum atomic E-state index is 4.62. The number of hydrogen-bond acceptors (Lipinski definition) is 3. The zero-order chi connectivity index (χ0) is 14.8. The Morgan fingerprint density at radius 3 is 2.86 bits per heavy atom. The van der Waals surface area contributed by atoms with E-state index in [-0.39, 0.29) is 0 Å². The molecule has 118 valence electrons. The van der Waals surface area contributed by atoms with Crippen molar-refractivity contribution < 1.29 is 0 Å². The van der Waals surface area contributed by atoms with Crippen LogP contribution in [0, 0.1) is 0 Å². The molecule has 0 aliphatic carbocycles. The van der Waals surface area contributed by atoms with Crippen molar-refractivity contribution in [3.05, 3.63) is 22.4 Å². The molecular weight excluding hydrogens is 280 g/mol. The van der Waals surface area contributed by atoms with Gasteiger partial charge in [-0.05, 0) is 74.6 Å². The summed E-state index contributed by atoms with van der Waals surface area (Å²) in [6.45, 7) is 8.63. The van der Waals surface area contributed by atoms with Crippen molar-refractivity contribution in [2.24, 2.45) is 4.99 Å². The van der Waals surface area contributed by atoms with E-state index in [2.05, 4.69) is 44.3 Å². The summed E-state index contributed by atoms with van der Waals surface area (Å²) in [5.41, 5.74) is 1.28. The molecule has 0 bridgehead atoms. The fourth-order valence-corrected chi connectivity index (χ4v) is 3.23. The third-order valence-electron chi connectivity index (χ3n) is 3.74. The zero-order valence-corrected chi connectivity index (χ0v) is 13.9. The van der Waals surface area contributed by atoms with Crippen molar-refractivity contribution in [2.45, 2.75) is 39.2 Å². The van der Waals surface area contributed by atoms with Gasteiger partial charge in [0.15, 0.2) is 5.96 Å². The largest absolute Gasteiger partial charge is 0.357 e. The summed E-state index contributed by atoms with van der Waals surface area (Å²) in [4.78, 5) is 7.20. The smallest absolute Gasteiger partial charge is 0.191 e. The molecule has 0 atom stereocenters. The quantitative estimate of drug-likeness (QED) is 0.441. The lowest BCUT2D eigenvalue weighted by molar-refractivity contribution is 0.330. The maximum absolute atomic E-state index is 4.62. The van der Waals surface area contributed by atoms with Crippen LogP contribution in [0.3, 0.4) is 0 Å². The Kier molecular flexibility index (Phi) is 7.60. The average molecular weight is 308 g/mol. The summed E-state index contributed by atoms with van der Waals surface area (Å²) >= 11 is 1.73. The molecule has 1 fully saturated rings. The topological polar surface area (TPSA) is 39.7 Å². The number of nitrogens with one attached hydrogen (secondary N) is 2. The molecule has 5 heteroatoms. The van der Waals surface area contributed by atoms with E-state index in [1.54, 1.807) is 11.3 Å². The van der Waals surface area contributed by atoms with E-state index in [0.29, 0.717) is 0 Å². The molecule has 0 radical (unpaired) electrons. The Morgan fingerprint density at radius 1 is 1.29 bits per heavy atom. The first-order valence-corrected chi connectivity index (χ1v) is 9.08. The summed E-state index contributed by atoms with van der Waals surface area (Å²) in [6.07, 6.45) is 5.26.